The van der Waals surface area contributed by atoms with Gasteiger partial charge >= 0.3 is 17.7 Å². The number of rotatable bonds is 18. The second kappa shape index (κ2) is 20.8. The molecule has 372 valence electrons. The van der Waals surface area contributed by atoms with Gasteiger partial charge in [-0.3, -0.25) is 10.1 Å². The molecule has 6 aromatic carbocycles. The van der Waals surface area contributed by atoms with Gasteiger partial charge in [0.25, 0.3) is 5.91 Å². The quantitative estimate of drug-likeness (QED) is 0.0427. The van der Waals surface area contributed by atoms with Crippen molar-refractivity contribution in [2.45, 2.75) is 63.0 Å². The van der Waals surface area contributed by atoms with Crippen molar-refractivity contribution in [2.24, 2.45) is 0 Å². The molecule has 16 heteroatoms. The third-order valence-corrected chi connectivity index (χ3v) is 14.0. The predicted octanol–water partition coefficient (Wildman–Crippen LogP) is 11.2. The highest BCUT2D eigenvalue weighted by atomic mass is 35.5. The molecule has 0 saturated heterocycles. The molecule has 0 bridgehead atoms. The van der Waals surface area contributed by atoms with Crippen LogP contribution in [-0.4, -0.2) is 61.3 Å². The Morgan fingerprint density at radius 3 is 2.18 bits per heavy atom. The third kappa shape index (κ3) is 9.72. The van der Waals surface area contributed by atoms with Crippen LogP contribution in [0.3, 0.4) is 0 Å². The van der Waals surface area contributed by atoms with Gasteiger partial charge in [0.15, 0.2) is 34.7 Å². The van der Waals surface area contributed by atoms with Crippen molar-refractivity contribution in [3.05, 3.63) is 182 Å². The summed E-state index contributed by atoms with van der Waals surface area (Å²) in [5.41, 5.74) is 3.97. The summed E-state index contributed by atoms with van der Waals surface area (Å²) in [4.78, 5) is 46.0. The van der Waals surface area contributed by atoms with E-state index < -0.39 is 23.4 Å². The van der Waals surface area contributed by atoms with Crippen molar-refractivity contribution in [1.29, 1.82) is 0 Å². The number of ether oxygens (including phenoxy) is 5. The summed E-state index contributed by atoms with van der Waals surface area (Å²) in [6, 6.07) is 32.1. The van der Waals surface area contributed by atoms with E-state index in [0.717, 1.165) is 49.7 Å². The summed E-state index contributed by atoms with van der Waals surface area (Å²) in [6.07, 6.45) is 7.60. The Bertz CT molecular complexity index is 3220. The van der Waals surface area contributed by atoms with Crippen molar-refractivity contribution in [3.63, 3.8) is 0 Å². The zero-order chi connectivity index (χ0) is 50.8. The molecular weight excluding hydrogens is 975 g/mol. The van der Waals surface area contributed by atoms with Gasteiger partial charge < -0.3 is 34.1 Å². The number of anilines is 1. The first-order valence-corrected chi connectivity index (χ1v) is 24.8. The molecule has 0 fully saturated rings. The first-order valence-electron chi connectivity index (χ1n) is 24.0. The molecule has 1 spiro atoms. The molecule has 3 N–H and O–H groups in total. The summed E-state index contributed by atoms with van der Waals surface area (Å²) in [5.74, 6) is 0.606. The number of amides is 1. The highest BCUT2D eigenvalue weighted by molar-refractivity contribution is 6.33. The summed E-state index contributed by atoms with van der Waals surface area (Å²) >= 11 is 13.4. The molecule has 3 aliphatic rings. The maximum absolute atomic E-state index is 15.4. The fourth-order valence-corrected chi connectivity index (χ4v) is 10.2. The Hall–Kier alpha value is -7.68. The Morgan fingerprint density at radius 1 is 0.808 bits per heavy atom. The van der Waals surface area contributed by atoms with Gasteiger partial charge in [0.05, 0.1) is 47.6 Å². The number of nitrogens with one attached hydrogen (secondary N) is 2. The smallest absolute Gasteiger partial charge is 0.359 e. The normalized spacial score (nSPS) is 14.6. The maximum Gasteiger partial charge on any atom is 0.359 e. The van der Waals surface area contributed by atoms with E-state index in [2.05, 4.69) is 10.6 Å². The van der Waals surface area contributed by atoms with Gasteiger partial charge in [-0.15, -0.1) is 0 Å². The van der Waals surface area contributed by atoms with Crippen molar-refractivity contribution in [1.82, 2.24) is 10.3 Å². The molecule has 0 aliphatic carbocycles. The van der Waals surface area contributed by atoms with Gasteiger partial charge in [-0.1, -0.05) is 85.3 Å². The predicted molar refractivity (Wildman–Crippen MR) is 272 cm³/mol. The first kappa shape index (κ1) is 48.9. The van der Waals surface area contributed by atoms with Gasteiger partial charge in [-0.2, -0.15) is 4.57 Å². The molecule has 10 rings (SSSR count). The van der Waals surface area contributed by atoms with E-state index in [0.29, 0.717) is 76.1 Å². The minimum Gasteiger partial charge on any atom is -0.508 e. The molecule has 1 aromatic heterocycles. The molecule has 4 heterocycles. The summed E-state index contributed by atoms with van der Waals surface area (Å²) in [6.45, 7) is 0.796. The average molecular weight is 1020 g/mol. The van der Waals surface area contributed by atoms with Gasteiger partial charge in [-0.05, 0) is 90.7 Å². The lowest BCUT2D eigenvalue weighted by Gasteiger charge is -2.37. The Balaban J connectivity index is 0.696. The molecule has 0 radical (unpaired) electrons. The average Bonchev–Trinajstić information content (AvgIpc) is 3.87. The number of aromatic hydroxyl groups is 1. The fourth-order valence-electron chi connectivity index (χ4n) is 9.70. The van der Waals surface area contributed by atoms with E-state index >= 15 is 4.39 Å². The lowest BCUT2D eigenvalue weighted by Crippen LogP contribution is -2.44. The summed E-state index contributed by atoms with van der Waals surface area (Å²) < 4.78 is 46.4. The zero-order valence-corrected chi connectivity index (χ0v) is 41.4. The minimum atomic E-state index is -1.59. The topological polar surface area (TPSA) is 158 Å². The number of phenolic OH excluding ortho intramolecular Hbond substituents is 1. The van der Waals surface area contributed by atoms with Crippen LogP contribution >= 0.6 is 23.2 Å². The number of halogens is 3. The molecule has 7 aromatic rings. The van der Waals surface area contributed by atoms with E-state index in [4.69, 9.17) is 51.9 Å². The lowest BCUT2D eigenvalue weighted by molar-refractivity contribution is -0.552. The molecule has 1 amide bonds. The van der Waals surface area contributed by atoms with Crippen molar-refractivity contribution in [3.8, 4) is 45.8 Å². The summed E-state index contributed by atoms with van der Waals surface area (Å²) in [5, 5.41) is 16.7. The second-order valence-electron chi connectivity index (χ2n) is 18.1. The number of aromatic nitrogens is 2. The van der Waals surface area contributed by atoms with E-state index in [1.165, 1.54) is 20.3 Å². The lowest BCUT2D eigenvalue weighted by atomic mass is 9.77. The molecule has 1 unspecified atom stereocenters. The van der Waals surface area contributed by atoms with Crippen LogP contribution in [0.15, 0.2) is 121 Å². The minimum absolute atomic E-state index is 0.135. The first-order chi connectivity index (χ1) is 35.4. The van der Waals surface area contributed by atoms with Gasteiger partial charge in [0.1, 0.15) is 34.8 Å². The van der Waals surface area contributed by atoms with E-state index in [1.54, 1.807) is 89.6 Å². The number of benzene rings is 6. The van der Waals surface area contributed by atoms with Crippen LogP contribution in [0.5, 0.6) is 34.5 Å². The van der Waals surface area contributed by atoms with Crippen molar-refractivity contribution in [2.75, 3.05) is 32.7 Å². The largest absolute Gasteiger partial charge is 0.508 e. The Kier molecular flexibility index (Phi) is 13.9. The SMILES string of the molecule is COc1cc(Cl)c2c(c1)C1(OC(=O)c3ccc(C(=O)NCCCCCCCCOc4ccc(CC5Nc6c(Cc7ccccc7)nc(-c7ccc(O)cc7)c[n+]6C5=O)cc4F)cc31)c1cc(OC)cc(Cl)c1O2. The zero-order valence-electron chi connectivity index (χ0n) is 39.9. The maximum atomic E-state index is 15.4. The van der Waals surface area contributed by atoms with E-state index in [1.807, 2.05) is 30.3 Å². The van der Waals surface area contributed by atoms with Crippen molar-refractivity contribution >= 4 is 46.8 Å². The van der Waals surface area contributed by atoms with Crippen LogP contribution in [-0.2, 0) is 23.2 Å². The summed E-state index contributed by atoms with van der Waals surface area (Å²) in [7, 11) is 3.00. The van der Waals surface area contributed by atoms with E-state index in [-0.39, 0.29) is 56.8 Å². The number of fused-ring (bicyclic) bond motifs is 7. The van der Waals surface area contributed by atoms with Gasteiger partial charge in [-0.25, -0.2) is 19.0 Å². The monoisotopic (exact) mass is 1020 g/mol. The number of carbonyl (C=O) groups is 3. The molecule has 13 nitrogen and oxygen atoms in total. The van der Waals surface area contributed by atoms with Crippen molar-refractivity contribution < 1.29 is 52.1 Å². The number of phenols is 1. The van der Waals surface area contributed by atoms with Gasteiger partial charge in [0.2, 0.25) is 0 Å². The highest BCUT2D eigenvalue weighted by Gasteiger charge is 2.55. The molecule has 73 heavy (non-hydrogen) atoms. The standard InChI is InChI=1S/C57H49Cl2FN4O9/c1-69-38-28-42-51(44(58)30-38)72-52-43(29-39(70-2)31-45(52)59)57(42)41-27-36(17-20-40(41)56(68)73-57)54(66)61-22-10-5-3-4-6-11-23-71-50-21-14-34(24-46(50)60)26-48-55(67)64-32-49(35-15-18-37(65)19-16-35)62-47(53(64)63-48)25-33-12-8-7-9-13-33/h7-9,12-21,24,27-32,48H,3-6,10-11,22-23,25-26H2,1-2H3,(H2,61,65,66)/p+1. The highest BCUT2D eigenvalue weighted by Crippen LogP contribution is 2.60. The number of carbonyl (C=O) groups excluding carboxylic acids is 3. The molecule has 1 atom stereocenters. The number of methoxy groups -OCH3 is 2. The fraction of sp³-hybridized carbons (Fsp3) is 0.246. The van der Waals surface area contributed by atoms with Crippen LogP contribution in [0.25, 0.3) is 11.3 Å². The Morgan fingerprint density at radius 2 is 1.49 bits per heavy atom. The van der Waals surface area contributed by atoms with Crippen LogP contribution in [0.1, 0.15) is 97.5 Å². The van der Waals surface area contributed by atoms with E-state index in [9.17, 15) is 19.5 Å². The van der Waals surface area contributed by atoms with Gasteiger partial charge in [0, 0.05) is 48.2 Å². The number of hydrogen-bond acceptors (Lipinski definition) is 11. The van der Waals surface area contributed by atoms with Crippen LogP contribution in [0, 0.1) is 5.82 Å². The molecule has 0 saturated carbocycles. The molecular formula is C57H50Cl2FN4O9+. The van der Waals surface area contributed by atoms with Crippen LogP contribution in [0.4, 0.5) is 10.2 Å². The number of hydrogen-bond donors (Lipinski definition) is 3. The van der Waals surface area contributed by atoms with Crippen LogP contribution < -0.4 is 34.1 Å². The Labute approximate surface area is 430 Å². The second-order valence-corrected chi connectivity index (χ2v) is 18.9. The number of nitrogens with zero attached hydrogens (tertiary/aromatic N) is 2. The third-order valence-electron chi connectivity index (χ3n) is 13.4. The molecule has 3 aliphatic heterocycles. The van der Waals surface area contributed by atoms with Crippen LogP contribution in [0.2, 0.25) is 10.0 Å². The number of unbranched alkanes of at least 4 members (excludes halogenated alkanes) is 5. The number of esters is 1.